The number of hydrogen-bond donors (Lipinski definition) is 2. The van der Waals surface area contributed by atoms with Gasteiger partial charge >= 0.3 is 0 Å². The largest absolute Gasteiger partial charge is 0.338 e. The number of nitrogens with zero attached hydrogens (tertiary/aromatic N) is 3. The Hall–Kier alpha value is -2.57. The van der Waals surface area contributed by atoms with Crippen LogP contribution >= 0.6 is 0 Å². The maximum absolute atomic E-state index is 13.4. The molecule has 6 nitrogen and oxygen atoms in total. The maximum atomic E-state index is 13.4. The van der Waals surface area contributed by atoms with Crippen LogP contribution < -0.4 is 5.32 Å². The van der Waals surface area contributed by atoms with Gasteiger partial charge in [-0.15, -0.1) is 10.2 Å². The van der Waals surface area contributed by atoms with Crippen molar-refractivity contribution in [2.75, 3.05) is 5.32 Å². The van der Waals surface area contributed by atoms with Gasteiger partial charge in [0, 0.05) is 16.8 Å². The van der Waals surface area contributed by atoms with E-state index < -0.39 is 0 Å². The molecule has 1 aromatic carbocycles. The van der Waals surface area contributed by atoms with Crippen molar-refractivity contribution in [1.82, 2.24) is 20.2 Å². The lowest BCUT2D eigenvalue weighted by molar-refractivity contribution is -0.120. The predicted molar refractivity (Wildman–Crippen MR) is 84.4 cm³/mol. The van der Waals surface area contributed by atoms with E-state index in [1.165, 1.54) is 18.6 Å². The summed E-state index contributed by atoms with van der Waals surface area (Å²) in [6, 6.07) is 4.40. The number of carbonyl (C=O) groups is 1. The fourth-order valence-corrected chi connectivity index (χ4v) is 3.17. The number of amides is 1. The number of benzene rings is 1. The minimum absolute atomic E-state index is 0.0276. The van der Waals surface area contributed by atoms with E-state index in [0.717, 1.165) is 31.2 Å². The topological polar surface area (TPSA) is 83.6 Å². The summed E-state index contributed by atoms with van der Waals surface area (Å²) in [6.45, 7) is 0. The molecule has 3 aromatic rings. The lowest BCUT2D eigenvalue weighted by Crippen LogP contribution is -2.25. The van der Waals surface area contributed by atoms with Gasteiger partial charge in [-0.25, -0.2) is 4.39 Å². The fourth-order valence-electron chi connectivity index (χ4n) is 3.17. The average molecular weight is 313 g/mol. The Morgan fingerprint density at radius 2 is 2.04 bits per heavy atom. The summed E-state index contributed by atoms with van der Waals surface area (Å²) in [5.74, 6) is -0.178. The summed E-state index contributed by atoms with van der Waals surface area (Å²) in [4.78, 5) is 19.6. The molecule has 23 heavy (non-hydrogen) atoms. The standard InChI is InChI=1S/C16H16FN5O/c17-10-6-7-12-11(8-10)13-14(18-12)19-16(22-21-13)20-15(23)9-4-2-1-3-5-9/h6-9H,1-5H2,(H2,18,19,20,22,23). The summed E-state index contributed by atoms with van der Waals surface area (Å²) in [5.41, 5.74) is 1.72. The van der Waals surface area contributed by atoms with Gasteiger partial charge < -0.3 is 4.98 Å². The summed E-state index contributed by atoms with van der Waals surface area (Å²) in [7, 11) is 0. The molecule has 0 radical (unpaired) electrons. The van der Waals surface area contributed by atoms with E-state index in [4.69, 9.17) is 0 Å². The Kier molecular flexibility index (Phi) is 3.40. The van der Waals surface area contributed by atoms with E-state index >= 15 is 0 Å². The van der Waals surface area contributed by atoms with Crippen molar-refractivity contribution in [3.63, 3.8) is 0 Å². The highest BCUT2D eigenvalue weighted by Crippen LogP contribution is 2.25. The number of nitrogens with one attached hydrogen (secondary N) is 2. The predicted octanol–water partition coefficient (Wildman–Crippen LogP) is 3.16. The first-order valence-electron chi connectivity index (χ1n) is 7.83. The number of anilines is 1. The third kappa shape index (κ3) is 2.62. The highest BCUT2D eigenvalue weighted by Gasteiger charge is 2.22. The SMILES string of the molecule is O=C(Nc1nnc2c(n1)[nH]c1ccc(F)cc12)C1CCCCC1. The van der Waals surface area contributed by atoms with Gasteiger partial charge in [-0.2, -0.15) is 4.98 Å². The molecule has 1 aliphatic carbocycles. The van der Waals surface area contributed by atoms with E-state index in [9.17, 15) is 9.18 Å². The van der Waals surface area contributed by atoms with Crippen molar-refractivity contribution in [2.45, 2.75) is 32.1 Å². The molecule has 2 aromatic heterocycles. The molecule has 0 aliphatic heterocycles. The van der Waals surface area contributed by atoms with E-state index in [-0.39, 0.29) is 23.6 Å². The number of halogens is 1. The van der Waals surface area contributed by atoms with Crippen LogP contribution in [0.25, 0.3) is 22.1 Å². The second kappa shape index (κ2) is 5.57. The van der Waals surface area contributed by atoms with Gasteiger partial charge in [-0.1, -0.05) is 19.3 Å². The molecule has 4 rings (SSSR count). The monoisotopic (exact) mass is 313 g/mol. The molecule has 2 heterocycles. The van der Waals surface area contributed by atoms with Gasteiger partial charge in [-0.3, -0.25) is 10.1 Å². The van der Waals surface area contributed by atoms with Gasteiger partial charge in [0.25, 0.3) is 5.95 Å². The number of aromatic nitrogens is 4. The van der Waals surface area contributed by atoms with Crippen LogP contribution in [0.3, 0.4) is 0 Å². The quantitative estimate of drug-likeness (QED) is 0.761. The smallest absolute Gasteiger partial charge is 0.251 e. The zero-order valence-corrected chi connectivity index (χ0v) is 12.5. The Balaban J connectivity index is 1.63. The summed E-state index contributed by atoms with van der Waals surface area (Å²) >= 11 is 0. The molecule has 1 fully saturated rings. The van der Waals surface area contributed by atoms with Crippen molar-refractivity contribution >= 4 is 33.9 Å². The molecule has 118 valence electrons. The molecular formula is C16H16FN5O. The Morgan fingerprint density at radius 1 is 1.22 bits per heavy atom. The molecule has 1 amide bonds. The Bertz CT molecular complexity index is 885. The Labute approximate surface area is 131 Å². The first kappa shape index (κ1) is 14.0. The molecule has 0 saturated heterocycles. The van der Waals surface area contributed by atoms with Crippen molar-refractivity contribution in [1.29, 1.82) is 0 Å². The van der Waals surface area contributed by atoms with Crippen LogP contribution in [0.1, 0.15) is 32.1 Å². The first-order chi connectivity index (χ1) is 11.2. The lowest BCUT2D eigenvalue weighted by Gasteiger charge is -2.19. The number of H-pyrrole nitrogens is 1. The molecule has 1 aliphatic rings. The number of rotatable bonds is 2. The normalized spacial score (nSPS) is 16.0. The van der Waals surface area contributed by atoms with Gasteiger partial charge in [0.1, 0.15) is 11.3 Å². The molecule has 0 bridgehead atoms. The number of aromatic amines is 1. The number of fused-ring (bicyclic) bond motifs is 3. The fraction of sp³-hybridized carbons (Fsp3) is 0.375. The zero-order chi connectivity index (χ0) is 15.8. The molecule has 0 spiro atoms. The second-order valence-electron chi connectivity index (χ2n) is 5.97. The molecule has 2 N–H and O–H groups in total. The van der Waals surface area contributed by atoms with Gasteiger partial charge in [0.15, 0.2) is 5.65 Å². The Morgan fingerprint density at radius 3 is 2.87 bits per heavy atom. The lowest BCUT2D eigenvalue weighted by atomic mass is 9.89. The highest BCUT2D eigenvalue weighted by molar-refractivity contribution is 6.03. The van der Waals surface area contributed by atoms with Crippen LogP contribution in [0.4, 0.5) is 10.3 Å². The van der Waals surface area contributed by atoms with Gasteiger partial charge in [0.05, 0.1) is 0 Å². The van der Waals surface area contributed by atoms with E-state index in [1.807, 2.05) is 0 Å². The molecule has 1 saturated carbocycles. The van der Waals surface area contributed by atoms with Crippen molar-refractivity contribution in [2.24, 2.45) is 5.92 Å². The van der Waals surface area contributed by atoms with Crippen LogP contribution in [-0.4, -0.2) is 26.1 Å². The van der Waals surface area contributed by atoms with Crippen molar-refractivity contribution in [3.05, 3.63) is 24.0 Å². The van der Waals surface area contributed by atoms with Crippen LogP contribution in [-0.2, 0) is 4.79 Å². The van der Waals surface area contributed by atoms with Crippen molar-refractivity contribution in [3.8, 4) is 0 Å². The number of carbonyl (C=O) groups excluding carboxylic acids is 1. The molecule has 0 atom stereocenters. The van der Waals surface area contributed by atoms with Crippen molar-refractivity contribution < 1.29 is 9.18 Å². The minimum atomic E-state index is -0.338. The second-order valence-corrected chi connectivity index (χ2v) is 5.97. The highest BCUT2D eigenvalue weighted by atomic mass is 19.1. The van der Waals surface area contributed by atoms with Crippen LogP contribution in [0.5, 0.6) is 0 Å². The van der Waals surface area contributed by atoms with Crippen LogP contribution in [0.15, 0.2) is 18.2 Å². The average Bonchev–Trinajstić information content (AvgIpc) is 2.92. The molecular weight excluding hydrogens is 297 g/mol. The molecule has 7 heteroatoms. The first-order valence-corrected chi connectivity index (χ1v) is 7.83. The van der Waals surface area contributed by atoms with Crippen LogP contribution in [0, 0.1) is 11.7 Å². The minimum Gasteiger partial charge on any atom is -0.338 e. The van der Waals surface area contributed by atoms with Gasteiger partial charge in [0.2, 0.25) is 5.91 Å². The van der Waals surface area contributed by atoms with Gasteiger partial charge in [-0.05, 0) is 31.0 Å². The summed E-state index contributed by atoms with van der Waals surface area (Å²) in [6.07, 6.45) is 5.19. The van der Waals surface area contributed by atoms with E-state index in [1.54, 1.807) is 6.07 Å². The maximum Gasteiger partial charge on any atom is 0.251 e. The third-order valence-electron chi connectivity index (χ3n) is 4.39. The number of hydrogen-bond acceptors (Lipinski definition) is 4. The zero-order valence-electron chi connectivity index (χ0n) is 12.5. The summed E-state index contributed by atoms with van der Waals surface area (Å²) < 4.78 is 13.4. The molecule has 0 unspecified atom stereocenters. The van der Waals surface area contributed by atoms with E-state index in [2.05, 4.69) is 25.5 Å². The van der Waals surface area contributed by atoms with E-state index in [0.29, 0.717) is 16.6 Å². The third-order valence-corrected chi connectivity index (χ3v) is 4.39. The van der Waals surface area contributed by atoms with Crippen LogP contribution in [0.2, 0.25) is 0 Å². The summed E-state index contributed by atoms with van der Waals surface area (Å²) in [5, 5.41) is 11.4.